The second-order valence-electron chi connectivity index (χ2n) is 6.36. The molecule has 7 nitrogen and oxygen atoms in total. The zero-order chi connectivity index (χ0) is 19.2. The molecule has 7 heteroatoms. The maximum absolute atomic E-state index is 12.5. The lowest BCUT2D eigenvalue weighted by molar-refractivity contribution is 0.102. The number of imidazole rings is 1. The average Bonchev–Trinajstić information content (AvgIpc) is 3.08. The number of hydrogen-bond acceptors (Lipinski definition) is 5. The Morgan fingerprint density at radius 1 is 1.33 bits per heavy atom. The molecule has 1 aromatic heterocycles. The van der Waals surface area contributed by atoms with Gasteiger partial charge in [0.2, 0.25) is 5.95 Å². The summed E-state index contributed by atoms with van der Waals surface area (Å²) in [5.74, 6) is 0.196. The number of fused-ring (bicyclic) bond motifs is 1. The summed E-state index contributed by atoms with van der Waals surface area (Å²) >= 11 is 0. The Balaban J connectivity index is 1.67. The Morgan fingerprint density at radius 2 is 2.15 bits per heavy atom. The molecule has 0 radical (unpaired) electrons. The first-order chi connectivity index (χ1) is 13.0. The molecule has 0 aliphatic carbocycles. The van der Waals surface area contributed by atoms with Gasteiger partial charge < -0.3 is 10.4 Å². The van der Waals surface area contributed by atoms with Crippen LogP contribution in [-0.2, 0) is 6.54 Å². The third-order valence-corrected chi connectivity index (χ3v) is 3.98. The van der Waals surface area contributed by atoms with Gasteiger partial charge in [-0.15, -0.1) is 0 Å². The number of rotatable bonds is 7. The van der Waals surface area contributed by atoms with Crippen molar-refractivity contribution in [3.05, 3.63) is 59.7 Å². The maximum Gasteiger partial charge on any atom is 0.257 e. The number of hydrogen-bond donors (Lipinski definition) is 3. The number of benzene rings is 2. The first-order valence-corrected chi connectivity index (χ1v) is 8.66. The van der Waals surface area contributed by atoms with Crippen molar-refractivity contribution in [2.24, 2.45) is 11.0 Å². The molecule has 3 aromatic rings. The molecule has 1 heterocycles. The van der Waals surface area contributed by atoms with E-state index in [4.69, 9.17) is 5.41 Å². The van der Waals surface area contributed by atoms with Gasteiger partial charge in [-0.25, -0.2) is 4.98 Å². The van der Waals surface area contributed by atoms with Gasteiger partial charge in [0.25, 0.3) is 5.91 Å². The first kappa shape index (κ1) is 18.3. The summed E-state index contributed by atoms with van der Waals surface area (Å²) in [7, 11) is 1.86. The minimum atomic E-state index is -0.223. The van der Waals surface area contributed by atoms with Gasteiger partial charge >= 0.3 is 0 Å². The van der Waals surface area contributed by atoms with Crippen molar-refractivity contribution >= 4 is 35.3 Å². The Bertz CT molecular complexity index is 944. The zero-order valence-corrected chi connectivity index (χ0v) is 15.3. The maximum atomic E-state index is 12.5. The highest BCUT2D eigenvalue weighted by Crippen LogP contribution is 2.15. The molecule has 1 amide bonds. The van der Waals surface area contributed by atoms with E-state index in [1.807, 2.05) is 56.4 Å². The summed E-state index contributed by atoms with van der Waals surface area (Å²) in [6.07, 6.45) is 3.05. The van der Waals surface area contributed by atoms with Crippen molar-refractivity contribution in [1.82, 2.24) is 15.0 Å². The van der Waals surface area contributed by atoms with E-state index in [0.717, 1.165) is 16.6 Å². The standard InChI is InChI=1S/C20H22N6O/c1-14(11-21)12-22-26(2)13-15-6-5-7-16(10-15)19(27)25-20-23-17-8-3-4-9-18(17)24-20/h3-12,14,21H,13H2,1-2H3,(H2,23,24,25,27)/b21-11?,22-12+. The summed E-state index contributed by atoms with van der Waals surface area (Å²) in [5, 5.41) is 16.1. The summed E-state index contributed by atoms with van der Waals surface area (Å²) in [6.45, 7) is 2.46. The molecule has 0 spiro atoms. The van der Waals surface area contributed by atoms with Crippen molar-refractivity contribution in [3.8, 4) is 0 Å². The predicted molar refractivity (Wildman–Crippen MR) is 108 cm³/mol. The largest absolute Gasteiger partial charge is 0.324 e. The topological polar surface area (TPSA) is 97.2 Å². The summed E-state index contributed by atoms with van der Waals surface area (Å²) in [5.41, 5.74) is 3.20. The minimum absolute atomic E-state index is 0.00614. The molecule has 1 atom stereocenters. The van der Waals surface area contributed by atoms with Crippen molar-refractivity contribution in [3.63, 3.8) is 0 Å². The van der Waals surface area contributed by atoms with E-state index in [-0.39, 0.29) is 11.8 Å². The SMILES string of the molecule is CC(C=N)/C=N/N(C)Cc1cccc(C(=O)Nc2nc3ccccc3[nH]2)c1. The molecule has 1 unspecified atom stereocenters. The van der Waals surface area contributed by atoms with Crippen LogP contribution < -0.4 is 5.32 Å². The number of amides is 1. The number of hydrazone groups is 1. The van der Waals surface area contributed by atoms with Crippen LogP contribution in [0.2, 0.25) is 0 Å². The van der Waals surface area contributed by atoms with Gasteiger partial charge in [0, 0.05) is 31.0 Å². The summed E-state index contributed by atoms with van der Waals surface area (Å²) < 4.78 is 0. The second-order valence-corrected chi connectivity index (χ2v) is 6.36. The Hall–Kier alpha value is -3.48. The van der Waals surface area contributed by atoms with Gasteiger partial charge in [0.1, 0.15) is 0 Å². The molecule has 0 aliphatic rings. The van der Waals surface area contributed by atoms with Crippen LogP contribution >= 0.6 is 0 Å². The lowest BCUT2D eigenvalue weighted by atomic mass is 10.1. The Kier molecular flexibility index (Phi) is 5.61. The zero-order valence-electron chi connectivity index (χ0n) is 15.3. The van der Waals surface area contributed by atoms with Gasteiger partial charge in [0.05, 0.1) is 17.6 Å². The number of carbonyl (C=O) groups excluding carboxylic acids is 1. The van der Waals surface area contributed by atoms with Crippen LogP contribution in [0.15, 0.2) is 53.6 Å². The normalized spacial score (nSPS) is 12.2. The van der Waals surface area contributed by atoms with E-state index >= 15 is 0 Å². The lowest BCUT2D eigenvalue weighted by Crippen LogP contribution is -2.15. The number of nitrogens with one attached hydrogen (secondary N) is 3. The van der Waals surface area contributed by atoms with E-state index in [9.17, 15) is 4.79 Å². The van der Waals surface area contributed by atoms with Crippen molar-refractivity contribution < 1.29 is 4.79 Å². The molecular weight excluding hydrogens is 340 g/mol. The molecule has 2 aromatic carbocycles. The van der Waals surface area contributed by atoms with Crippen LogP contribution in [-0.4, -0.2) is 40.4 Å². The van der Waals surface area contributed by atoms with E-state index in [2.05, 4.69) is 20.4 Å². The molecule has 0 saturated carbocycles. The number of H-pyrrole nitrogens is 1. The van der Waals surface area contributed by atoms with E-state index in [0.29, 0.717) is 18.1 Å². The van der Waals surface area contributed by atoms with E-state index in [1.54, 1.807) is 17.3 Å². The van der Waals surface area contributed by atoms with Gasteiger partial charge in [-0.3, -0.25) is 15.1 Å². The highest BCUT2D eigenvalue weighted by atomic mass is 16.1. The molecule has 0 aliphatic heterocycles. The monoisotopic (exact) mass is 362 g/mol. The number of anilines is 1. The highest BCUT2D eigenvalue weighted by molar-refractivity contribution is 6.04. The van der Waals surface area contributed by atoms with Crippen molar-refractivity contribution in [2.75, 3.05) is 12.4 Å². The molecule has 3 rings (SSSR count). The molecule has 0 fully saturated rings. The van der Waals surface area contributed by atoms with Gasteiger partial charge in [-0.2, -0.15) is 5.10 Å². The number of carbonyl (C=O) groups is 1. The van der Waals surface area contributed by atoms with Crippen molar-refractivity contribution in [1.29, 1.82) is 5.41 Å². The summed E-state index contributed by atoms with van der Waals surface area (Å²) in [4.78, 5) is 20.0. The van der Waals surface area contributed by atoms with Crippen LogP contribution in [0, 0.1) is 11.3 Å². The fourth-order valence-corrected chi connectivity index (χ4v) is 2.57. The fourth-order valence-electron chi connectivity index (χ4n) is 2.57. The average molecular weight is 362 g/mol. The highest BCUT2D eigenvalue weighted by Gasteiger charge is 2.10. The molecular formula is C20H22N6O. The Morgan fingerprint density at radius 3 is 2.93 bits per heavy atom. The fraction of sp³-hybridized carbons (Fsp3) is 0.200. The molecule has 138 valence electrons. The summed E-state index contributed by atoms with van der Waals surface area (Å²) in [6, 6.07) is 15.0. The van der Waals surface area contributed by atoms with Crippen LogP contribution in [0.3, 0.4) is 0 Å². The number of aromatic nitrogens is 2. The third kappa shape index (κ3) is 4.78. The molecule has 0 bridgehead atoms. The van der Waals surface area contributed by atoms with E-state index < -0.39 is 0 Å². The van der Waals surface area contributed by atoms with Gasteiger partial charge in [0.15, 0.2) is 0 Å². The van der Waals surface area contributed by atoms with Crippen molar-refractivity contribution in [2.45, 2.75) is 13.5 Å². The molecule has 0 saturated heterocycles. The first-order valence-electron chi connectivity index (χ1n) is 8.66. The van der Waals surface area contributed by atoms with Crippen LogP contribution in [0.25, 0.3) is 11.0 Å². The second kappa shape index (κ2) is 8.27. The van der Waals surface area contributed by atoms with Gasteiger partial charge in [-0.05, 0) is 29.8 Å². The molecule has 27 heavy (non-hydrogen) atoms. The predicted octanol–water partition coefficient (Wildman–Crippen LogP) is 3.52. The Labute approximate surface area is 157 Å². The quantitative estimate of drug-likeness (QED) is 0.443. The minimum Gasteiger partial charge on any atom is -0.324 e. The third-order valence-electron chi connectivity index (χ3n) is 3.98. The number of nitrogens with zero attached hydrogens (tertiary/aromatic N) is 3. The van der Waals surface area contributed by atoms with Gasteiger partial charge in [-0.1, -0.05) is 31.2 Å². The van der Waals surface area contributed by atoms with Crippen LogP contribution in [0.1, 0.15) is 22.8 Å². The van der Waals surface area contributed by atoms with Crippen LogP contribution in [0.4, 0.5) is 5.95 Å². The lowest BCUT2D eigenvalue weighted by Gasteiger charge is -2.14. The smallest absolute Gasteiger partial charge is 0.257 e. The number of para-hydroxylation sites is 2. The van der Waals surface area contributed by atoms with E-state index in [1.165, 1.54) is 6.21 Å². The van der Waals surface area contributed by atoms with Crippen LogP contribution in [0.5, 0.6) is 0 Å². The number of aromatic amines is 1. The molecule has 3 N–H and O–H groups in total.